The Bertz CT molecular complexity index is 522. The average molecular weight is 296 g/mol. The first-order valence-corrected chi connectivity index (χ1v) is 7.27. The number of benzene rings is 1. The van der Waals surface area contributed by atoms with Gasteiger partial charge in [-0.2, -0.15) is 0 Å². The first-order valence-electron chi connectivity index (χ1n) is 7.27. The molecule has 0 spiro atoms. The van der Waals surface area contributed by atoms with Gasteiger partial charge in [0.1, 0.15) is 0 Å². The molecule has 1 N–H and O–H groups in total. The highest BCUT2D eigenvalue weighted by Crippen LogP contribution is 2.33. The third-order valence-electron chi connectivity index (χ3n) is 4.09. The molecule has 0 amide bonds. The van der Waals surface area contributed by atoms with Gasteiger partial charge >= 0.3 is 5.69 Å². The van der Waals surface area contributed by atoms with Gasteiger partial charge in [-0.15, -0.1) is 0 Å². The average Bonchev–Trinajstić information content (AvgIpc) is 2.45. The largest absolute Gasteiger partial charge is 0.490 e. The second-order valence-electron chi connectivity index (χ2n) is 5.78. The van der Waals surface area contributed by atoms with Crippen LogP contribution < -0.4 is 10.1 Å². The molecule has 0 heterocycles. The highest BCUT2D eigenvalue weighted by Gasteiger charge is 2.21. The van der Waals surface area contributed by atoms with Crippen LogP contribution in [0, 0.1) is 27.8 Å². The Morgan fingerprint density at radius 2 is 2.24 bits per heavy atom. The Hall–Kier alpha value is -1.85. The van der Waals surface area contributed by atoms with E-state index in [1.807, 2.05) is 0 Å². The summed E-state index contributed by atoms with van der Waals surface area (Å²) in [5.74, 6) is 0.684. The van der Waals surface area contributed by atoms with Gasteiger partial charge in [-0.05, 0) is 24.7 Å². The summed E-state index contributed by atoms with van der Waals surface area (Å²) in [5, 5.41) is 13.9. The van der Waals surface area contributed by atoms with E-state index >= 15 is 0 Å². The minimum absolute atomic E-state index is 0.0703. The fraction of sp³-hybridized carbons (Fsp3) is 0.600. The SMILES string of the molecule is COc1cc(NCC2CCCC(C)C2)c(F)cc1[N+](=O)[O-]. The molecular formula is C15H21FN2O3. The first-order chi connectivity index (χ1) is 10.0. The van der Waals surface area contributed by atoms with E-state index in [1.165, 1.54) is 26.0 Å². The number of nitrogens with zero attached hydrogens (tertiary/aromatic N) is 1. The van der Waals surface area contributed by atoms with Crippen molar-refractivity contribution in [3.8, 4) is 5.75 Å². The van der Waals surface area contributed by atoms with Crippen LogP contribution >= 0.6 is 0 Å². The number of nitro groups is 1. The number of nitro benzene ring substituents is 1. The molecule has 1 fully saturated rings. The summed E-state index contributed by atoms with van der Waals surface area (Å²) in [6.07, 6.45) is 4.75. The molecule has 1 aromatic rings. The summed E-state index contributed by atoms with van der Waals surface area (Å²) in [7, 11) is 1.34. The second kappa shape index (κ2) is 6.74. The molecule has 0 aromatic heterocycles. The molecule has 1 saturated carbocycles. The lowest BCUT2D eigenvalue weighted by Gasteiger charge is -2.27. The van der Waals surface area contributed by atoms with E-state index in [4.69, 9.17) is 4.74 Å². The number of rotatable bonds is 5. The van der Waals surface area contributed by atoms with E-state index in [2.05, 4.69) is 12.2 Å². The smallest absolute Gasteiger partial charge is 0.313 e. The van der Waals surface area contributed by atoms with Crippen LogP contribution in [0.2, 0.25) is 0 Å². The number of ether oxygens (including phenoxy) is 1. The molecule has 0 radical (unpaired) electrons. The van der Waals surface area contributed by atoms with Gasteiger partial charge in [0, 0.05) is 12.6 Å². The van der Waals surface area contributed by atoms with E-state index < -0.39 is 10.7 Å². The number of nitrogens with one attached hydrogen (secondary N) is 1. The molecular weight excluding hydrogens is 275 g/mol. The quantitative estimate of drug-likeness (QED) is 0.659. The van der Waals surface area contributed by atoms with Crippen LogP contribution in [0.25, 0.3) is 0 Å². The summed E-state index contributed by atoms with van der Waals surface area (Å²) in [4.78, 5) is 10.2. The molecule has 1 aromatic carbocycles. The van der Waals surface area contributed by atoms with Crippen LogP contribution in [0.4, 0.5) is 15.8 Å². The Kier molecular flexibility index (Phi) is 4.98. The predicted octanol–water partition coefficient (Wildman–Crippen LogP) is 3.98. The lowest BCUT2D eigenvalue weighted by Crippen LogP contribution is -2.21. The highest BCUT2D eigenvalue weighted by atomic mass is 19.1. The van der Waals surface area contributed by atoms with Crippen LogP contribution in [-0.2, 0) is 0 Å². The lowest BCUT2D eigenvalue weighted by molar-refractivity contribution is -0.385. The van der Waals surface area contributed by atoms with Crippen LogP contribution in [-0.4, -0.2) is 18.6 Å². The summed E-state index contributed by atoms with van der Waals surface area (Å²) in [5.41, 5.74) is -0.0949. The molecule has 116 valence electrons. The molecule has 0 bridgehead atoms. The Morgan fingerprint density at radius 3 is 2.86 bits per heavy atom. The van der Waals surface area contributed by atoms with E-state index in [0.29, 0.717) is 18.4 Å². The van der Waals surface area contributed by atoms with E-state index in [-0.39, 0.29) is 17.1 Å². The third-order valence-corrected chi connectivity index (χ3v) is 4.09. The van der Waals surface area contributed by atoms with Gasteiger partial charge in [0.2, 0.25) is 0 Å². The molecule has 6 heteroatoms. The first kappa shape index (κ1) is 15.5. The predicted molar refractivity (Wildman–Crippen MR) is 79.2 cm³/mol. The molecule has 2 atom stereocenters. The normalized spacial score (nSPS) is 21.9. The fourth-order valence-electron chi connectivity index (χ4n) is 2.98. The van der Waals surface area contributed by atoms with Crippen LogP contribution in [0.1, 0.15) is 32.6 Å². The molecule has 1 aliphatic carbocycles. The van der Waals surface area contributed by atoms with Crippen molar-refractivity contribution in [2.45, 2.75) is 32.6 Å². The lowest BCUT2D eigenvalue weighted by atomic mass is 9.82. The van der Waals surface area contributed by atoms with Crippen molar-refractivity contribution in [3.05, 3.63) is 28.1 Å². The molecule has 0 aliphatic heterocycles. The number of methoxy groups -OCH3 is 1. The van der Waals surface area contributed by atoms with Crippen molar-refractivity contribution < 1.29 is 14.1 Å². The maximum Gasteiger partial charge on any atom is 0.313 e. The Balaban J connectivity index is 2.07. The maximum atomic E-state index is 13.9. The van der Waals surface area contributed by atoms with Crippen molar-refractivity contribution in [2.75, 3.05) is 19.0 Å². The topological polar surface area (TPSA) is 64.4 Å². The fourth-order valence-corrected chi connectivity index (χ4v) is 2.98. The van der Waals surface area contributed by atoms with Gasteiger partial charge in [-0.25, -0.2) is 4.39 Å². The van der Waals surface area contributed by atoms with E-state index in [9.17, 15) is 14.5 Å². The van der Waals surface area contributed by atoms with Gasteiger partial charge in [-0.1, -0.05) is 19.8 Å². The number of halogens is 1. The molecule has 5 nitrogen and oxygen atoms in total. The van der Waals surface area contributed by atoms with Crippen molar-refractivity contribution in [1.29, 1.82) is 0 Å². The van der Waals surface area contributed by atoms with Crippen molar-refractivity contribution in [2.24, 2.45) is 11.8 Å². The Morgan fingerprint density at radius 1 is 1.48 bits per heavy atom. The highest BCUT2D eigenvalue weighted by molar-refractivity contribution is 5.59. The minimum atomic E-state index is -0.644. The van der Waals surface area contributed by atoms with Crippen LogP contribution in [0.15, 0.2) is 12.1 Å². The van der Waals surface area contributed by atoms with Gasteiger partial charge in [0.05, 0.1) is 23.8 Å². The molecule has 21 heavy (non-hydrogen) atoms. The van der Waals surface area contributed by atoms with E-state index in [0.717, 1.165) is 18.9 Å². The Labute approximate surface area is 123 Å². The van der Waals surface area contributed by atoms with Crippen molar-refractivity contribution in [3.63, 3.8) is 0 Å². The standard InChI is InChI=1S/C15H21FN2O3/c1-10-4-3-5-11(6-10)9-17-13-8-15(21-2)14(18(19)20)7-12(13)16/h7-8,10-11,17H,3-6,9H2,1-2H3. The van der Waals surface area contributed by atoms with Crippen molar-refractivity contribution >= 4 is 11.4 Å². The second-order valence-corrected chi connectivity index (χ2v) is 5.78. The minimum Gasteiger partial charge on any atom is -0.490 e. The zero-order valence-electron chi connectivity index (χ0n) is 12.4. The van der Waals surface area contributed by atoms with Crippen molar-refractivity contribution in [1.82, 2.24) is 0 Å². The maximum absolute atomic E-state index is 13.9. The van der Waals surface area contributed by atoms with Crippen LogP contribution in [0.5, 0.6) is 5.75 Å². The van der Waals surface area contributed by atoms with Crippen LogP contribution in [0.3, 0.4) is 0 Å². The number of hydrogen-bond donors (Lipinski definition) is 1. The third kappa shape index (κ3) is 3.83. The van der Waals surface area contributed by atoms with Gasteiger partial charge in [0.25, 0.3) is 0 Å². The summed E-state index contributed by atoms with van der Waals surface area (Å²) in [6, 6.07) is 2.27. The molecule has 0 saturated heterocycles. The number of anilines is 1. The zero-order chi connectivity index (χ0) is 15.4. The summed E-state index contributed by atoms with van der Waals surface area (Å²) < 4.78 is 18.9. The molecule has 2 unspecified atom stereocenters. The summed E-state index contributed by atoms with van der Waals surface area (Å²) in [6.45, 7) is 2.92. The monoisotopic (exact) mass is 296 g/mol. The van der Waals surface area contributed by atoms with E-state index in [1.54, 1.807) is 0 Å². The van der Waals surface area contributed by atoms with Gasteiger partial charge < -0.3 is 10.1 Å². The van der Waals surface area contributed by atoms with Gasteiger partial charge in [-0.3, -0.25) is 10.1 Å². The number of hydrogen-bond acceptors (Lipinski definition) is 4. The van der Waals surface area contributed by atoms with Gasteiger partial charge in [0.15, 0.2) is 11.6 Å². The molecule has 1 aliphatic rings. The zero-order valence-corrected chi connectivity index (χ0v) is 12.4. The molecule has 2 rings (SSSR count). The summed E-state index contributed by atoms with van der Waals surface area (Å²) >= 11 is 0.